The van der Waals surface area contributed by atoms with E-state index in [1.807, 2.05) is 36.4 Å². The fourth-order valence-electron chi connectivity index (χ4n) is 3.13. The van der Waals surface area contributed by atoms with E-state index in [0.29, 0.717) is 0 Å². The SMILES string of the molecule is c1ccc(-c2nc([C@H]3CCCCN3)oc2-c2ccccc2)cc1. The van der Waals surface area contributed by atoms with Crippen molar-refractivity contribution in [2.24, 2.45) is 0 Å². The van der Waals surface area contributed by atoms with Crippen molar-refractivity contribution in [2.45, 2.75) is 25.3 Å². The number of hydrogen-bond donors (Lipinski definition) is 1. The molecule has 1 N–H and O–H groups in total. The zero-order valence-electron chi connectivity index (χ0n) is 13.0. The molecule has 23 heavy (non-hydrogen) atoms. The predicted octanol–water partition coefficient (Wildman–Crippen LogP) is 4.82. The first-order chi connectivity index (χ1) is 11.4. The molecule has 2 aromatic carbocycles. The Kier molecular flexibility index (Phi) is 3.95. The van der Waals surface area contributed by atoms with Crippen LogP contribution in [-0.2, 0) is 0 Å². The number of oxazole rings is 1. The number of nitrogens with one attached hydrogen (secondary N) is 1. The van der Waals surface area contributed by atoms with Gasteiger partial charge in [0.15, 0.2) is 5.76 Å². The van der Waals surface area contributed by atoms with Crippen LogP contribution in [0.4, 0.5) is 0 Å². The number of aromatic nitrogens is 1. The first-order valence-electron chi connectivity index (χ1n) is 8.27. The zero-order valence-corrected chi connectivity index (χ0v) is 13.0. The molecule has 0 radical (unpaired) electrons. The largest absolute Gasteiger partial charge is 0.438 e. The molecule has 116 valence electrons. The Labute approximate surface area is 136 Å². The lowest BCUT2D eigenvalue weighted by Crippen LogP contribution is -2.26. The highest BCUT2D eigenvalue weighted by Gasteiger charge is 2.24. The van der Waals surface area contributed by atoms with E-state index in [9.17, 15) is 0 Å². The van der Waals surface area contributed by atoms with Crippen molar-refractivity contribution in [1.29, 1.82) is 0 Å². The minimum Gasteiger partial charge on any atom is -0.438 e. The second-order valence-electron chi connectivity index (χ2n) is 5.96. The van der Waals surface area contributed by atoms with Crippen molar-refractivity contribution in [3.8, 4) is 22.6 Å². The van der Waals surface area contributed by atoms with Gasteiger partial charge in [-0.1, -0.05) is 67.1 Å². The van der Waals surface area contributed by atoms with E-state index in [2.05, 4.69) is 29.6 Å². The fourth-order valence-corrected chi connectivity index (χ4v) is 3.13. The van der Waals surface area contributed by atoms with Crippen LogP contribution in [0.1, 0.15) is 31.2 Å². The number of piperidine rings is 1. The monoisotopic (exact) mass is 304 g/mol. The van der Waals surface area contributed by atoms with E-state index in [-0.39, 0.29) is 6.04 Å². The molecule has 0 spiro atoms. The molecule has 0 saturated carbocycles. The summed E-state index contributed by atoms with van der Waals surface area (Å²) in [4.78, 5) is 4.85. The smallest absolute Gasteiger partial charge is 0.212 e. The van der Waals surface area contributed by atoms with Gasteiger partial charge in [-0.25, -0.2) is 4.98 Å². The predicted molar refractivity (Wildman–Crippen MR) is 92.0 cm³/mol. The maximum atomic E-state index is 6.22. The molecule has 3 aromatic rings. The first kappa shape index (κ1) is 14.2. The maximum Gasteiger partial charge on any atom is 0.212 e. The molecule has 3 heteroatoms. The van der Waals surface area contributed by atoms with Gasteiger partial charge in [-0.05, 0) is 19.4 Å². The van der Waals surface area contributed by atoms with Crippen LogP contribution < -0.4 is 5.32 Å². The Morgan fingerprint density at radius 3 is 2.22 bits per heavy atom. The molecular weight excluding hydrogens is 284 g/mol. The van der Waals surface area contributed by atoms with Crippen LogP contribution in [0, 0.1) is 0 Å². The van der Waals surface area contributed by atoms with E-state index in [4.69, 9.17) is 9.40 Å². The molecule has 3 nitrogen and oxygen atoms in total. The molecule has 0 bridgehead atoms. The molecule has 1 aromatic heterocycles. The number of hydrogen-bond acceptors (Lipinski definition) is 3. The Balaban J connectivity index is 1.81. The summed E-state index contributed by atoms with van der Waals surface area (Å²) in [6.45, 7) is 1.04. The topological polar surface area (TPSA) is 38.1 Å². The molecule has 1 saturated heterocycles. The summed E-state index contributed by atoms with van der Waals surface area (Å²) in [5.41, 5.74) is 3.09. The third-order valence-corrected chi connectivity index (χ3v) is 4.34. The number of benzene rings is 2. The number of rotatable bonds is 3. The molecule has 1 fully saturated rings. The van der Waals surface area contributed by atoms with Crippen LogP contribution in [0.5, 0.6) is 0 Å². The van der Waals surface area contributed by atoms with Crippen LogP contribution in [0.25, 0.3) is 22.6 Å². The second-order valence-corrected chi connectivity index (χ2v) is 5.96. The average Bonchev–Trinajstić information content (AvgIpc) is 3.09. The van der Waals surface area contributed by atoms with Gasteiger partial charge in [0.05, 0.1) is 6.04 Å². The highest BCUT2D eigenvalue weighted by Crippen LogP contribution is 2.35. The van der Waals surface area contributed by atoms with Gasteiger partial charge in [-0.2, -0.15) is 0 Å². The molecular formula is C20H20N2O. The van der Waals surface area contributed by atoms with Gasteiger partial charge in [0.25, 0.3) is 0 Å². The molecule has 0 aliphatic carbocycles. The Morgan fingerprint density at radius 1 is 0.870 bits per heavy atom. The molecule has 1 aliphatic rings. The van der Waals surface area contributed by atoms with Crippen molar-refractivity contribution in [2.75, 3.05) is 6.54 Å². The summed E-state index contributed by atoms with van der Waals surface area (Å²) in [6.07, 6.45) is 3.54. The van der Waals surface area contributed by atoms with Crippen LogP contribution >= 0.6 is 0 Å². The fraction of sp³-hybridized carbons (Fsp3) is 0.250. The third-order valence-electron chi connectivity index (χ3n) is 4.34. The average molecular weight is 304 g/mol. The third kappa shape index (κ3) is 2.92. The molecule has 0 unspecified atom stereocenters. The van der Waals surface area contributed by atoms with Gasteiger partial charge in [0.2, 0.25) is 5.89 Å². The summed E-state index contributed by atoms with van der Waals surface area (Å²) in [7, 11) is 0. The van der Waals surface area contributed by atoms with Gasteiger partial charge in [0.1, 0.15) is 5.69 Å². The van der Waals surface area contributed by atoms with Gasteiger partial charge < -0.3 is 9.73 Å². The van der Waals surface area contributed by atoms with Crippen LogP contribution in [-0.4, -0.2) is 11.5 Å². The van der Waals surface area contributed by atoms with E-state index >= 15 is 0 Å². The summed E-state index contributed by atoms with van der Waals surface area (Å²) >= 11 is 0. The lowest BCUT2D eigenvalue weighted by molar-refractivity contribution is 0.342. The quantitative estimate of drug-likeness (QED) is 0.753. The van der Waals surface area contributed by atoms with Crippen molar-refractivity contribution in [1.82, 2.24) is 10.3 Å². The standard InChI is InChI=1S/C20H20N2O/c1-3-9-15(10-4-1)18-19(16-11-5-2-6-12-16)23-20(22-18)17-13-7-8-14-21-17/h1-6,9-12,17,21H,7-8,13-14H2/t17-/m1/s1. The molecule has 1 aliphatic heterocycles. The molecule has 1 atom stereocenters. The zero-order chi connectivity index (χ0) is 15.5. The van der Waals surface area contributed by atoms with Crippen molar-refractivity contribution in [3.63, 3.8) is 0 Å². The minimum absolute atomic E-state index is 0.226. The Bertz CT molecular complexity index is 702. The first-order valence-corrected chi connectivity index (χ1v) is 8.27. The highest BCUT2D eigenvalue weighted by atomic mass is 16.4. The van der Waals surface area contributed by atoms with Gasteiger partial charge in [-0.15, -0.1) is 0 Å². The highest BCUT2D eigenvalue weighted by molar-refractivity contribution is 5.76. The van der Waals surface area contributed by atoms with E-state index in [0.717, 1.165) is 41.4 Å². The summed E-state index contributed by atoms with van der Waals surface area (Å²) in [5.74, 6) is 1.67. The molecule has 2 heterocycles. The van der Waals surface area contributed by atoms with Crippen molar-refractivity contribution >= 4 is 0 Å². The van der Waals surface area contributed by atoms with Crippen LogP contribution in [0.15, 0.2) is 65.1 Å². The maximum absolute atomic E-state index is 6.22. The molecule has 0 amide bonds. The van der Waals surface area contributed by atoms with E-state index in [1.165, 1.54) is 12.8 Å². The van der Waals surface area contributed by atoms with Gasteiger partial charge in [0, 0.05) is 11.1 Å². The Hall–Kier alpha value is -2.39. The Morgan fingerprint density at radius 2 is 1.57 bits per heavy atom. The normalized spacial score (nSPS) is 18.0. The van der Waals surface area contributed by atoms with Crippen molar-refractivity contribution in [3.05, 3.63) is 66.6 Å². The van der Waals surface area contributed by atoms with E-state index < -0.39 is 0 Å². The minimum atomic E-state index is 0.226. The summed E-state index contributed by atoms with van der Waals surface area (Å²) < 4.78 is 6.22. The van der Waals surface area contributed by atoms with Crippen LogP contribution in [0.2, 0.25) is 0 Å². The molecule has 4 rings (SSSR count). The van der Waals surface area contributed by atoms with Crippen LogP contribution in [0.3, 0.4) is 0 Å². The summed E-state index contributed by atoms with van der Waals surface area (Å²) in [6, 6.07) is 20.7. The van der Waals surface area contributed by atoms with Crippen molar-refractivity contribution < 1.29 is 4.42 Å². The lowest BCUT2D eigenvalue weighted by Gasteiger charge is -2.20. The van der Waals surface area contributed by atoms with Gasteiger partial charge >= 0.3 is 0 Å². The number of nitrogens with zero attached hydrogens (tertiary/aromatic N) is 1. The second kappa shape index (κ2) is 6.39. The summed E-state index contributed by atoms with van der Waals surface area (Å²) in [5, 5.41) is 3.52. The van der Waals surface area contributed by atoms with E-state index in [1.54, 1.807) is 0 Å². The van der Waals surface area contributed by atoms with Gasteiger partial charge in [-0.3, -0.25) is 0 Å². The lowest BCUT2D eigenvalue weighted by atomic mass is 10.1.